The fourth-order valence-corrected chi connectivity index (χ4v) is 3.72. The van der Waals surface area contributed by atoms with Crippen molar-refractivity contribution in [3.05, 3.63) is 63.0 Å². The summed E-state index contributed by atoms with van der Waals surface area (Å²) in [7, 11) is 3.55. The van der Waals surface area contributed by atoms with Gasteiger partial charge in [0.05, 0.1) is 12.3 Å². The van der Waals surface area contributed by atoms with Gasteiger partial charge in [-0.25, -0.2) is 4.68 Å². The zero-order valence-corrected chi connectivity index (χ0v) is 18.1. The summed E-state index contributed by atoms with van der Waals surface area (Å²) in [6.45, 7) is 7.11. The summed E-state index contributed by atoms with van der Waals surface area (Å²) in [6.07, 6.45) is 2.97. The van der Waals surface area contributed by atoms with Gasteiger partial charge in [-0.3, -0.25) is 14.5 Å². The first-order valence-corrected chi connectivity index (χ1v) is 10.2. The molecule has 0 saturated heterocycles. The molecule has 0 amide bonds. The van der Waals surface area contributed by atoms with Crippen LogP contribution < -0.4 is 15.6 Å². The molecule has 3 aromatic heterocycles. The van der Waals surface area contributed by atoms with Gasteiger partial charge in [-0.2, -0.15) is 5.10 Å². The number of aromatic nitrogens is 5. The fourth-order valence-electron chi connectivity index (χ4n) is 3.72. The highest BCUT2D eigenvalue weighted by atomic mass is 16.5. The van der Waals surface area contributed by atoms with E-state index >= 15 is 0 Å². The standard InChI is InChI=1S/C22H28N6O2/c1-13-6-7-19(23-10-13)17-8-16(17)12-30-21-9-20(22(29)28(5)26-21)24-11-18-14(2)25-27(4)15(18)3/h6-7,9-10,16-17,24H,8,11-12H2,1-5H3/t16?,17-/m1/s1. The summed E-state index contributed by atoms with van der Waals surface area (Å²) in [5, 5.41) is 11.9. The van der Waals surface area contributed by atoms with E-state index in [4.69, 9.17) is 4.74 Å². The lowest BCUT2D eigenvalue weighted by atomic mass is 10.2. The normalized spacial score (nSPS) is 17.8. The summed E-state index contributed by atoms with van der Waals surface area (Å²) in [5.41, 5.74) is 5.68. The predicted octanol–water partition coefficient (Wildman–Crippen LogP) is 2.63. The van der Waals surface area contributed by atoms with Gasteiger partial charge < -0.3 is 10.1 Å². The number of anilines is 1. The van der Waals surface area contributed by atoms with Gasteiger partial charge in [0.15, 0.2) is 0 Å². The van der Waals surface area contributed by atoms with Crippen molar-refractivity contribution in [3.8, 4) is 5.88 Å². The van der Waals surface area contributed by atoms with Gasteiger partial charge in [0, 0.05) is 61.7 Å². The van der Waals surface area contributed by atoms with Crippen LogP contribution >= 0.6 is 0 Å². The Morgan fingerprint density at radius 1 is 1.17 bits per heavy atom. The molecule has 1 fully saturated rings. The van der Waals surface area contributed by atoms with Crippen molar-refractivity contribution in [2.45, 2.75) is 39.7 Å². The largest absolute Gasteiger partial charge is 0.476 e. The Bertz CT molecular complexity index is 1120. The summed E-state index contributed by atoms with van der Waals surface area (Å²) in [5.74, 6) is 1.31. The van der Waals surface area contributed by atoms with Crippen molar-refractivity contribution >= 4 is 5.69 Å². The molecule has 1 unspecified atom stereocenters. The van der Waals surface area contributed by atoms with Gasteiger partial charge in [-0.05, 0) is 38.8 Å². The van der Waals surface area contributed by atoms with Crippen LogP contribution in [-0.4, -0.2) is 31.2 Å². The van der Waals surface area contributed by atoms with Gasteiger partial charge in [0.2, 0.25) is 5.88 Å². The third-order valence-corrected chi connectivity index (χ3v) is 5.84. The fraction of sp³-hybridized carbons (Fsp3) is 0.455. The third-order valence-electron chi connectivity index (χ3n) is 5.84. The number of nitrogens with one attached hydrogen (secondary N) is 1. The number of hydrogen-bond donors (Lipinski definition) is 1. The van der Waals surface area contributed by atoms with E-state index in [1.54, 1.807) is 13.1 Å². The number of ether oxygens (including phenoxy) is 1. The Balaban J connectivity index is 1.41. The smallest absolute Gasteiger partial charge is 0.290 e. The second-order valence-electron chi connectivity index (χ2n) is 8.13. The predicted molar refractivity (Wildman–Crippen MR) is 115 cm³/mol. The molecule has 1 aliphatic carbocycles. The van der Waals surface area contributed by atoms with E-state index in [9.17, 15) is 4.79 Å². The second kappa shape index (κ2) is 7.93. The maximum absolute atomic E-state index is 12.5. The van der Waals surface area contributed by atoms with E-state index < -0.39 is 0 Å². The van der Waals surface area contributed by atoms with E-state index in [1.165, 1.54) is 10.2 Å². The average molecular weight is 409 g/mol. The second-order valence-corrected chi connectivity index (χ2v) is 8.13. The van der Waals surface area contributed by atoms with Crippen molar-refractivity contribution < 1.29 is 4.74 Å². The highest BCUT2D eigenvalue weighted by molar-refractivity contribution is 5.44. The lowest BCUT2D eigenvalue weighted by Gasteiger charge is -2.11. The van der Waals surface area contributed by atoms with Crippen molar-refractivity contribution in [2.24, 2.45) is 20.0 Å². The first-order valence-electron chi connectivity index (χ1n) is 10.2. The summed E-state index contributed by atoms with van der Waals surface area (Å²) >= 11 is 0. The Hall–Kier alpha value is -3.16. The van der Waals surface area contributed by atoms with Crippen molar-refractivity contribution in [2.75, 3.05) is 11.9 Å². The molecule has 0 radical (unpaired) electrons. The zero-order chi connectivity index (χ0) is 21.4. The molecular weight excluding hydrogens is 380 g/mol. The zero-order valence-electron chi connectivity index (χ0n) is 18.1. The molecule has 30 heavy (non-hydrogen) atoms. The number of aryl methyl sites for hydroxylation is 4. The quantitative estimate of drug-likeness (QED) is 0.647. The monoisotopic (exact) mass is 408 g/mol. The molecule has 0 aromatic carbocycles. The van der Waals surface area contributed by atoms with Crippen LogP contribution in [0.2, 0.25) is 0 Å². The van der Waals surface area contributed by atoms with Gasteiger partial charge in [-0.15, -0.1) is 5.10 Å². The van der Waals surface area contributed by atoms with Crippen LogP contribution in [0.3, 0.4) is 0 Å². The van der Waals surface area contributed by atoms with Crippen LogP contribution in [0.25, 0.3) is 0 Å². The van der Waals surface area contributed by atoms with E-state index in [2.05, 4.69) is 32.6 Å². The molecule has 8 heteroatoms. The van der Waals surface area contributed by atoms with Crippen molar-refractivity contribution in [1.29, 1.82) is 0 Å². The highest BCUT2D eigenvalue weighted by Crippen LogP contribution is 2.46. The summed E-state index contributed by atoms with van der Waals surface area (Å²) < 4.78 is 9.09. The number of nitrogens with zero attached hydrogens (tertiary/aromatic N) is 5. The van der Waals surface area contributed by atoms with Crippen molar-refractivity contribution in [3.63, 3.8) is 0 Å². The number of hydrogen-bond acceptors (Lipinski definition) is 6. The molecule has 2 atom stereocenters. The molecule has 3 heterocycles. The highest BCUT2D eigenvalue weighted by Gasteiger charge is 2.40. The maximum Gasteiger partial charge on any atom is 0.290 e. The van der Waals surface area contributed by atoms with Crippen LogP contribution in [0.15, 0.2) is 29.2 Å². The first kappa shape index (κ1) is 20.1. The minimum atomic E-state index is -0.185. The Morgan fingerprint density at radius 2 is 1.97 bits per heavy atom. The molecular formula is C22H28N6O2. The molecule has 3 aromatic rings. The van der Waals surface area contributed by atoms with E-state index in [0.29, 0.717) is 36.6 Å². The molecule has 8 nitrogen and oxygen atoms in total. The van der Waals surface area contributed by atoms with E-state index in [0.717, 1.165) is 29.1 Å². The summed E-state index contributed by atoms with van der Waals surface area (Å²) in [6, 6.07) is 5.87. The number of pyridine rings is 1. The van der Waals surface area contributed by atoms with Crippen LogP contribution in [0.5, 0.6) is 5.88 Å². The minimum absolute atomic E-state index is 0.185. The van der Waals surface area contributed by atoms with Crippen LogP contribution in [0.4, 0.5) is 5.69 Å². The number of rotatable bonds is 7. The molecule has 0 spiro atoms. The van der Waals surface area contributed by atoms with E-state index in [-0.39, 0.29) is 5.56 Å². The first-order chi connectivity index (χ1) is 14.3. The molecule has 4 rings (SSSR count). The van der Waals surface area contributed by atoms with Gasteiger partial charge in [0.25, 0.3) is 5.56 Å². The average Bonchev–Trinajstić information content (AvgIpc) is 3.44. The lowest BCUT2D eigenvalue weighted by molar-refractivity contribution is 0.278. The molecule has 158 valence electrons. The molecule has 1 saturated carbocycles. The lowest BCUT2D eigenvalue weighted by Crippen LogP contribution is -2.24. The van der Waals surface area contributed by atoms with Crippen LogP contribution in [-0.2, 0) is 20.6 Å². The topological polar surface area (TPSA) is 86.9 Å². The Labute approximate surface area is 175 Å². The molecule has 1 aliphatic rings. The minimum Gasteiger partial charge on any atom is -0.476 e. The molecule has 0 aliphatic heterocycles. The Morgan fingerprint density at radius 3 is 2.63 bits per heavy atom. The third kappa shape index (κ3) is 4.08. The molecule has 0 bridgehead atoms. The SMILES string of the molecule is Cc1ccc([C@@H]2CC2COc2cc(NCc3c(C)nn(C)c3C)c(=O)n(C)n2)nc1. The molecule has 1 N–H and O–H groups in total. The van der Waals surface area contributed by atoms with Gasteiger partial charge in [0.1, 0.15) is 5.69 Å². The van der Waals surface area contributed by atoms with E-state index in [1.807, 2.05) is 38.7 Å². The maximum atomic E-state index is 12.5. The van der Waals surface area contributed by atoms with Crippen LogP contribution in [0, 0.1) is 26.7 Å². The van der Waals surface area contributed by atoms with Gasteiger partial charge >= 0.3 is 0 Å². The summed E-state index contributed by atoms with van der Waals surface area (Å²) in [4.78, 5) is 17.0. The van der Waals surface area contributed by atoms with Gasteiger partial charge in [-0.1, -0.05) is 6.07 Å². The Kier molecular flexibility index (Phi) is 5.32. The van der Waals surface area contributed by atoms with Crippen molar-refractivity contribution in [1.82, 2.24) is 24.5 Å². The van der Waals surface area contributed by atoms with Crippen LogP contribution in [0.1, 0.15) is 40.5 Å².